The number of hydroxylamine groups is 1. The van der Waals surface area contributed by atoms with E-state index in [1.54, 1.807) is 0 Å². The van der Waals surface area contributed by atoms with Crippen molar-refractivity contribution in [1.29, 1.82) is 0 Å². The van der Waals surface area contributed by atoms with E-state index in [1.807, 2.05) is 0 Å². The topological polar surface area (TPSA) is 72.6 Å². The summed E-state index contributed by atoms with van der Waals surface area (Å²) in [5.41, 5.74) is 5.44. The molecule has 0 heterocycles. The minimum atomic E-state index is -4.09. The number of hydrogen-bond donors (Lipinski definition) is 1. The number of nitrogens with two attached hydrogens (primary N) is 1. The molecule has 1 rings (SSSR count). The van der Waals surface area contributed by atoms with E-state index in [9.17, 15) is 12.8 Å². The van der Waals surface area contributed by atoms with Crippen molar-refractivity contribution in [2.75, 3.05) is 19.9 Å². The van der Waals surface area contributed by atoms with E-state index >= 15 is 0 Å². The van der Waals surface area contributed by atoms with Gasteiger partial charge in [-0.1, -0.05) is 16.1 Å². The van der Waals surface area contributed by atoms with Crippen LogP contribution in [0.25, 0.3) is 0 Å². The molecule has 0 spiro atoms. The molecule has 8 heteroatoms. The SMILES string of the molecule is CON(C)S(=O)(=O)c1cc(N)cc(Cl)c1F. The maximum absolute atomic E-state index is 13.5. The number of anilines is 1. The van der Waals surface area contributed by atoms with Crippen LogP contribution in [0.2, 0.25) is 5.02 Å². The molecule has 1 aromatic carbocycles. The molecule has 0 amide bonds. The molecule has 0 aliphatic rings. The maximum atomic E-state index is 13.5. The smallest absolute Gasteiger partial charge is 0.267 e. The van der Waals surface area contributed by atoms with Crippen molar-refractivity contribution in [3.05, 3.63) is 23.0 Å². The third-order valence-corrected chi connectivity index (χ3v) is 3.84. The Hall–Kier alpha value is -0.890. The molecular weight excluding hydrogens is 259 g/mol. The lowest BCUT2D eigenvalue weighted by Crippen LogP contribution is -2.26. The summed E-state index contributed by atoms with van der Waals surface area (Å²) < 4.78 is 37.5. The van der Waals surface area contributed by atoms with Crippen molar-refractivity contribution in [1.82, 2.24) is 4.47 Å². The highest BCUT2D eigenvalue weighted by Gasteiger charge is 2.26. The van der Waals surface area contributed by atoms with Crippen LogP contribution in [0.1, 0.15) is 0 Å². The average molecular weight is 269 g/mol. The Morgan fingerprint density at radius 2 is 2.06 bits per heavy atom. The van der Waals surface area contributed by atoms with E-state index in [-0.39, 0.29) is 10.7 Å². The molecule has 0 saturated carbocycles. The summed E-state index contributed by atoms with van der Waals surface area (Å²) >= 11 is 5.49. The lowest BCUT2D eigenvalue weighted by Gasteiger charge is -2.15. The van der Waals surface area contributed by atoms with Crippen LogP contribution < -0.4 is 5.73 Å². The fourth-order valence-corrected chi connectivity index (χ4v) is 2.39. The van der Waals surface area contributed by atoms with Crippen LogP contribution in [0.5, 0.6) is 0 Å². The number of benzene rings is 1. The molecule has 2 N–H and O–H groups in total. The predicted octanol–water partition coefficient (Wildman–Crippen LogP) is 1.24. The van der Waals surface area contributed by atoms with Crippen LogP contribution in [-0.4, -0.2) is 27.0 Å². The normalized spacial score (nSPS) is 12.1. The van der Waals surface area contributed by atoms with Gasteiger partial charge in [-0.25, -0.2) is 12.8 Å². The first-order chi connectivity index (χ1) is 7.30. The van der Waals surface area contributed by atoms with E-state index in [1.165, 1.54) is 0 Å². The van der Waals surface area contributed by atoms with Crippen LogP contribution >= 0.6 is 11.6 Å². The molecule has 16 heavy (non-hydrogen) atoms. The number of sulfonamides is 1. The summed E-state index contributed by atoms with van der Waals surface area (Å²) in [6.07, 6.45) is 0. The lowest BCUT2D eigenvalue weighted by atomic mass is 10.3. The number of rotatable bonds is 3. The van der Waals surface area contributed by atoms with Gasteiger partial charge in [0, 0.05) is 12.7 Å². The van der Waals surface area contributed by atoms with E-state index < -0.39 is 20.7 Å². The highest BCUT2D eigenvalue weighted by atomic mass is 35.5. The van der Waals surface area contributed by atoms with Gasteiger partial charge in [0.1, 0.15) is 4.90 Å². The number of nitrogens with zero attached hydrogens (tertiary/aromatic N) is 1. The molecule has 90 valence electrons. The summed E-state index contributed by atoms with van der Waals surface area (Å²) in [6, 6.07) is 2.11. The molecule has 1 aromatic rings. The van der Waals surface area contributed by atoms with Crippen LogP contribution in [0, 0.1) is 5.82 Å². The Morgan fingerprint density at radius 1 is 1.50 bits per heavy atom. The van der Waals surface area contributed by atoms with Crippen molar-refractivity contribution in [3.63, 3.8) is 0 Å². The largest absolute Gasteiger partial charge is 0.399 e. The van der Waals surface area contributed by atoms with Gasteiger partial charge in [-0.05, 0) is 12.1 Å². The van der Waals surface area contributed by atoms with E-state index in [4.69, 9.17) is 17.3 Å². The van der Waals surface area contributed by atoms with Crippen LogP contribution in [-0.2, 0) is 14.9 Å². The van der Waals surface area contributed by atoms with Gasteiger partial charge in [-0.15, -0.1) is 0 Å². The van der Waals surface area contributed by atoms with Gasteiger partial charge < -0.3 is 5.73 Å². The first-order valence-corrected chi connectivity index (χ1v) is 5.90. The Labute approximate surface area is 97.6 Å². The third kappa shape index (κ3) is 2.27. The quantitative estimate of drug-likeness (QED) is 0.661. The molecule has 0 aliphatic carbocycles. The summed E-state index contributed by atoms with van der Waals surface area (Å²) in [5, 5.41) is -0.358. The summed E-state index contributed by atoms with van der Waals surface area (Å²) in [6.45, 7) is 0. The Bertz CT molecular complexity index is 506. The van der Waals surface area contributed by atoms with Gasteiger partial charge in [0.15, 0.2) is 5.82 Å². The molecule has 0 aliphatic heterocycles. The zero-order chi connectivity index (χ0) is 12.5. The molecular formula is C8H10ClFN2O3S. The Balaban J connectivity index is 3.45. The van der Waals surface area contributed by atoms with E-state index in [0.717, 1.165) is 26.3 Å². The Kier molecular flexibility index (Phi) is 3.74. The van der Waals surface area contributed by atoms with Crippen LogP contribution in [0.4, 0.5) is 10.1 Å². The molecule has 0 fully saturated rings. The second kappa shape index (κ2) is 4.54. The maximum Gasteiger partial charge on any atom is 0.267 e. The highest BCUT2D eigenvalue weighted by Crippen LogP contribution is 2.27. The lowest BCUT2D eigenvalue weighted by molar-refractivity contribution is -0.0260. The van der Waals surface area contributed by atoms with Crippen LogP contribution in [0.3, 0.4) is 0 Å². The fraction of sp³-hybridized carbons (Fsp3) is 0.250. The third-order valence-electron chi connectivity index (χ3n) is 1.89. The molecule has 0 atom stereocenters. The first kappa shape index (κ1) is 13.2. The van der Waals surface area contributed by atoms with Crippen LogP contribution in [0.15, 0.2) is 17.0 Å². The number of halogens is 2. The molecule has 0 unspecified atom stereocenters. The van der Waals surface area contributed by atoms with Crippen molar-refractivity contribution in [2.24, 2.45) is 0 Å². The van der Waals surface area contributed by atoms with Gasteiger partial charge >= 0.3 is 0 Å². The first-order valence-electron chi connectivity index (χ1n) is 4.08. The van der Waals surface area contributed by atoms with Crippen molar-refractivity contribution < 1.29 is 17.6 Å². The summed E-state index contributed by atoms with van der Waals surface area (Å²) in [5.74, 6) is -1.06. The van der Waals surface area contributed by atoms with Crippen molar-refractivity contribution in [2.45, 2.75) is 4.90 Å². The van der Waals surface area contributed by atoms with Crippen molar-refractivity contribution >= 4 is 27.3 Å². The fourth-order valence-electron chi connectivity index (χ4n) is 1.01. The van der Waals surface area contributed by atoms with E-state index in [0.29, 0.717) is 4.47 Å². The van der Waals surface area contributed by atoms with Gasteiger partial charge in [0.25, 0.3) is 10.0 Å². The van der Waals surface area contributed by atoms with Gasteiger partial charge in [-0.2, -0.15) is 0 Å². The second-order valence-corrected chi connectivity index (χ2v) is 5.22. The monoisotopic (exact) mass is 268 g/mol. The number of hydrogen-bond acceptors (Lipinski definition) is 4. The zero-order valence-electron chi connectivity index (χ0n) is 8.57. The second-order valence-electron chi connectivity index (χ2n) is 2.91. The Morgan fingerprint density at radius 3 is 2.56 bits per heavy atom. The number of nitrogen functional groups attached to an aromatic ring is 1. The van der Waals surface area contributed by atoms with Crippen molar-refractivity contribution in [3.8, 4) is 0 Å². The van der Waals surface area contributed by atoms with Gasteiger partial charge in [0.05, 0.1) is 12.1 Å². The standard InChI is InChI=1S/C8H10ClFN2O3S/c1-12(15-2)16(13,14)7-4-5(11)3-6(9)8(7)10/h3-4H,11H2,1-2H3. The predicted molar refractivity (Wildman–Crippen MR) is 57.8 cm³/mol. The molecule has 0 saturated heterocycles. The minimum Gasteiger partial charge on any atom is -0.399 e. The molecule has 0 bridgehead atoms. The van der Waals surface area contributed by atoms with E-state index in [2.05, 4.69) is 4.84 Å². The zero-order valence-corrected chi connectivity index (χ0v) is 10.1. The molecule has 5 nitrogen and oxygen atoms in total. The average Bonchev–Trinajstić information content (AvgIpc) is 2.21. The summed E-state index contributed by atoms with van der Waals surface area (Å²) in [4.78, 5) is 3.88. The highest BCUT2D eigenvalue weighted by molar-refractivity contribution is 7.89. The summed E-state index contributed by atoms with van der Waals surface area (Å²) in [7, 11) is -1.82. The molecule has 0 aromatic heterocycles. The van der Waals surface area contributed by atoms with Gasteiger partial charge in [-0.3, -0.25) is 4.84 Å². The minimum absolute atomic E-state index is 0.0504. The molecule has 0 radical (unpaired) electrons. The van der Waals surface area contributed by atoms with Gasteiger partial charge in [0.2, 0.25) is 0 Å².